The highest BCUT2D eigenvalue weighted by atomic mass is 32.1. The van der Waals surface area contributed by atoms with E-state index in [2.05, 4.69) is 26.5 Å². The van der Waals surface area contributed by atoms with Gasteiger partial charge in [0.15, 0.2) is 5.13 Å². The molecule has 3 aromatic rings. The Morgan fingerprint density at radius 2 is 1.93 bits per heavy atom. The Labute approximate surface area is 160 Å². The van der Waals surface area contributed by atoms with Crippen LogP contribution in [0.15, 0.2) is 48.5 Å². The van der Waals surface area contributed by atoms with E-state index < -0.39 is 0 Å². The highest BCUT2D eigenvalue weighted by Crippen LogP contribution is 2.29. The highest BCUT2D eigenvalue weighted by molar-refractivity contribution is 7.22. The molecule has 0 radical (unpaired) electrons. The number of amides is 2. The van der Waals surface area contributed by atoms with Crippen LogP contribution in [0.4, 0.5) is 10.8 Å². The van der Waals surface area contributed by atoms with E-state index in [0.29, 0.717) is 17.2 Å². The first-order chi connectivity index (χ1) is 13.1. The molecule has 2 amide bonds. The van der Waals surface area contributed by atoms with E-state index in [0.717, 1.165) is 15.8 Å². The second-order valence-electron chi connectivity index (χ2n) is 6.41. The van der Waals surface area contributed by atoms with Gasteiger partial charge in [0.25, 0.3) is 0 Å². The van der Waals surface area contributed by atoms with Crippen LogP contribution in [0.3, 0.4) is 0 Å². The van der Waals surface area contributed by atoms with Gasteiger partial charge < -0.3 is 10.6 Å². The molecule has 0 saturated carbocycles. The minimum absolute atomic E-state index is 0.0909. The molecule has 8 heteroatoms. The molecule has 0 bridgehead atoms. The molecule has 0 aliphatic carbocycles. The number of benzene rings is 2. The van der Waals surface area contributed by atoms with E-state index >= 15 is 0 Å². The van der Waals surface area contributed by atoms with Crippen molar-refractivity contribution >= 4 is 44.2 Å². The number of aromatic nitrogens is 1. The number of hydrogen-bond donors (Lipinski definition) is 4. The maximum atomic E-state index is 12.6. The third-order valence-electron chi connectivity index (χ3n) is 4.36. The molecule has 1 fully saturated rings. The second-order valence-corrected chi connectivity index (χ2v) is 7.44. The van der Waals surface area contributed by atoms with Crippen molar-refractivity contribution in [3.8, 4) is 0 Å². The number of hydrogen-bond acceptors (Lipinski definition) is 6. The minimum atomic E-state index is -0.317. The van der Waals surface area contributed by atoms with Gasteiger partial charge in [-0.05, 0) is 30.2 Å². The maximum absolute atomic E-state index is 12.6. The van der Waals surface area contributed by atoms with Crippen LogP contribution >= 0.6 is 11.3 Å². The largest absolute Gasteiger partial charge is 0.325 e. The lowest BCUT2D eigenvalue weighted by Crippen LogP contribution is -2.39. The van der Waals surface area contributed by atoms with Gasteiger partial charge in [-0.3, -0.25) is 9.59 Å². The summed E-state index contributed by atoms with van der Waals surface area (Å²) in [5.41, 5.74) is 8.89. The summed E-state index contributed by atoms with van der Waals surface area (Å²) in [6, 6.07) is 15.3. The Bertz CT molecular complexity index is 988. The average molecular weight is 381 g/mol. The molecule has 2 atom stereocenters. The zero-order valence-corrected chi connectivity index (χ0v) is 15.5. The molecule has 27 heavy (non-hydrogen) atoms. The van der Waals surface area contributed by atoms with Crippen LogP contribution in [0.2, 0.25) is 0 Å². The average Bonchev–Trinajstić information content (AvgIpc) is 3.28. The molecule has 2 heterocycles. The summed E-state index contributed by atoms with van der Waals surface area (Å²) in [5.74, 6) is -0.248. The van der Waals surface area contributed by atoms with Gasteiger partial charge in [0.05, 0.1) is 10.2 Å². The molecule has 7 nitrogen and oxygen atoms in total. The van der Waals surface area contributed by atoms with Crippen molar-refractivity contribution in [1.82, 2.24) is 15.8 Å². The summed E-state index contributed by atoms with van der Waals surface area (Å²) in [6.45, 7) is 1.45. The molecule has 1 aliphatic heterocycles. The zero-order valence-electron chi connectivity index (χ0n) is 14.7. The summed E-state index contributed by atoms with van der Waals surface area (Å²) in [5, 5.41) is 6.18. The van der Waals surface area contributed by atoms with Gasteiger partial charge in [-0.1, -0.05) is 41.7 Å². The number of nitrogens with zero attached hydrogens (tertiary/aromatic N) is 1. The van der Waals surface area contributed by atoms with Crippen LogP contribution in [0, 0.1) is 0 Å². The highest BCUT2D eigenvalue weighted by Gasteiger charge is 2.30. The molecule has 0 spiro atoms. The molecular weight excluding hydrogens is 362 g/mol. The smallest absolute Gasteiger partial charge is 0.242 e. The lowest BCUT2D eigenvalue weighted by Gasteiger charge is -2.10. The van der Waals surface area contributed by atoms with Crippen LogP contribution in [-0.2, 0) is 9.59 Å². The van der Waals surface area contributed by atoms with Gasteiger partial charge >= 0.3 is 0 Å². The summed E-state index contributed by atoms with van der Waals surface area (Å²) >= 11 is 1.37. The number of hydrazine groups is 1. The second kappa shape index (κ2) is 7.43. The van der Waals surface area contributed by atoms with Crippen LogP contribution in [-0.4, -0.2) is 22.8 Å². The summed E-state index contributed by atoms with van der Waals surface area (Å²) in [4.78, 5) is 28.1. The summed E-state index contributed by atoms with van der Waals surface area (Å²) in [7, 11) is 0. The molecule has 1 aliphatic rings. The summed E-state index contributed by atoms with van der Waals surface area (Å²) in [6.07, 6.45) is 0.672. The third-order valence-corrected chi connectivity index (χ3v) is 5.29. The fraction of sp³-hybridized carbons (Fsp3) is 0.211. The van der Waals surface area contributed by atoms with Crippen LogP contribution in [0.5, 0.6) is 0 Å². The van der Waals surface area contributed by atoms with Gasteiger partial charge in [0.2, 0.25) is 11.8 Å². The maximum Gasteiger partial charge on any atom is 0.242 e. The van der Waals surface area contributed by atoms with Crippen LogP contribution in [0.1, 0.15) is 24.9 Å². The number of thiazole rings is 1. The molecule has 138 valence electrons. The zero-order chi connectivity index (χ0) is 18.8. The molecule has 4 rings (SSSR count). The number of rotatable bonds is 4. The monoisotopic (exact) mass is 381 g/mol. The normalized spacial score (nSPS) is 19.1. The lowest BCUT2D eigenvalue weighted by atomic mass is 10.0. The first kappa shape index (κ1) is 17.6. The number of fused-ring (bicyclic) bond motifs is 1. The fourth-order valence-electron chi connectivity index (χ4n) is 3.07. The van der Waals surface area contributed by atoms with Crippen molar-refractivity contribution in [1.29, 1.82) is 0 Å². The summed E-state index contributed by atoms with van der Waals surface area (Å²) < 4.78 is 0.899. The first-order valence-electron chi connectivity index (χ1n) is 8.63. The quantitative estimate of drug-likeness (QED) is 0.557. The van der Waals surface area contributed by atoms with Crippen molar-refractivity contribution in [2.24, 2.45) is 0 Å². The number of carbonyl (C=O) groups is 2. The molecule has 1 aromatic heterocycles. The van der Waals surface area contributed by atoms with Crippen molar-refractivity contribution in [3.63, 3.8) is 0 Å². The first-order valence-corrected chi connectivity index (χ1v) is 9.45. The number of carbonyl (C=O) groups excluding carboxylic acids is 2. The van der Waals surface area contributed by atoms with Gasteiger partial charge in [-0.2, -0.15) is 0 Å². The predicted molar refractivity (Wildman–Crippen MR) is 106 cm³/mol. The van der Waals surface area contributed by atoms with E-state index in [1.165, 1.54) is 18.3 Å². The van der Waals surface area contributed by atoms with Crippen molar-refractivity contribution < 1.29 is 9.59 Å². The topological polar surface area (TPSA) is 95.2 Å². The number of anilines is 2. The third kappa shape index (κ3) is 3.97. The van der Waals surface area contributed by atoms with Crippen LogP contribution < -0.4 is 21.5 Å². The predicted octanol–water partition coefficient (Wildman–Crippen LogP) is 2.80. The van der Waals surface area contributed by atoms with E-state index in [-0.39, 0.29) is 23.9 Å². The SMILES string of the molecule is CC(=O)Nc1nc2ccc(NC(=O)C3CC(c4ccccc4)NN3)cc2s1. The molecule has 2 unspecified atom stereocenters. The fourth-order valence-corrected chi connectivity index (χ4v) is 4.02. The van der Waals surface area contributed by atoms with E-state index in [9.17, 15) is 9.59 Å². The van der Waals surface area contributed by atoms with Gasteiger partial charge in [-0.25, -0.2) is 15.8 Å². The Hall–Kier alpha value is -2.81. The van der Waals surface area contributed by atoms with Crippen molar-refractivity contribution in [2.75, 3.05) is 10.6 Å². The van der Waals surface area contributed by atoms with Gasteiger partial charge in [0.1, 0.15) is 6.04 Å². The van der Waals surface area contributed by atoms with Crippen molar-refractivity contribution in [3.05, 3.63) is 54.1 Å². The molecule has 4 N–H and O–H groups in total. The van der Waals surface area contributed by atoms with Crippen LogP contribution in [0.25, 0.3) is 10.2 Å². The Morgan fingerprint density at radius 1 is 1.11 bits per heavy atom. The Balaban J connectivity index is 1.43. The number of nitrogens with one attached hydrogen (secondary N) is 4. The van der Waals surface area contributed by atoms with Gasteiger partial charge in [-0.15, -0.1) is 0 Å². The standard InChI is InChI=1S/C19H19N5O2S/c1-11(25)20-19-22-14-8-7-13(9-17(14)27-19)21-18(26)16-10-15(23-24-16)12-5-3-2-4-6-12/h2-9,15-16,23-24H,10H2,1H3,(H,21,26)(H,20,22,25). The molecule has 2 aromatic carbocycles. The van der Waals surface area contributed by atoms with E-state index in [1.807, 2.05) is 48.5 Å². The molecular formula is C19H19N5O2S. The van der Waals surface area contributed by atoms with E-state index in [4.69, 9.17) is 0 Å². The minimum Gasteiger partial charge on any atom is -0.325 e. The van der Waals surface area contributed by atoms with E-state index in [1.54, 1.807) is 0 Å². The Kier molecular flexibility index (Phi) is 4.85. The lowest BCUT2D eigenvalue weighted by molar-refractivity contribution is -0.118. The molecule has 1 saturated heterocycles. The van der Waals surface area contributed by atoms with Crippen molar-refractivity contribution in [2.45, 2.75) is 25.4 Å². The Morgan fingerprint density at radius 3 is 2.70 bits per heavy atom. The van der Waals surface area contributed by atoms with Gasteiger partial charge in [0, 0.05) is 18.7 Å².